The van der Waals surface area contributed by atoms with Crippen LogP contribution in [0.2, 0.25) is 0 Å². The van der Waals surface area contributed by atoms with Crippen molar-refractivity contribution in [3.8, 4) is 5.75 Å². The van der Waals surface area contributed by atoms with E-state index >= 15 is 0 Å². The van der Waals surface area contributed by atoms with E-state index in [-0.39, 0.29) is 24.0 Å². The van der Waals surface area contributed by atoms with Crippen molar-refractivity contribution in [3.63, 3.8) is 0 Å². The van der Waals surface area contributed by atoms with E-state index in [2.05, 4.69) is 5.32 Å². The van der Waals surface area contributed by atoms with Gasteiger partial charge in [0.1, 0.15) is 12.4 Å². The van der Waals surface area contributed by atoms with E-state index in [0.29, 0.717) is 17.1 Å². The highest BCUT2D eigenvalue weighted by atomic mass is 32.2. The number of amides is 1. The van der Waals surface area contributed by atoms with Crippen LogP contribution in [0.3, 0.4) is 0 Å². The van der Waals surface area contributed by atoms with Gasteiger partial charge in [0, 0.05) is 19.7 Å². The molecule has 0 spiro atoms. The number of ether oxygens (including phenoxy) is 2. The number of anilines is 2. The molecular formula is C24H24N2O6S. The summed E-state index contributed by atoms with van der Waals surface area (Å²) in [7, 11) is -2.37. The third-order valence-electron chi connectivity index (χ3n) is 4.63. The molecule has 0 heterocycles. The predicted molar refractivity (Wildman–Crippen MR) is 125 cm³/mol. The molecule has 0 aromatic heterocycles. The fourth-order valence-corrected chi connectivity index (χ4v) is 4.08. The molecule has 0 radical (unpaired) electrons. The predicted octanol–water partition coefficient (Wildman–Crippen LogP) is 3.59. The van der Waals surface area contributed by atoms with Gasteiger partial charge in [-0.15, -0.1) is 0 Å². The van der Waals surface area contributed by atoms with Crippen molar-refractivity contribution in [2.75, 3.05) is 23.3 Å². The molecule has 1 N–H and O–H groups in total. The Labute approximate surface area is 192 Å². The first kappa shape index (κ1) is 23.8. The zero-order valence-corrected chi connectivity index (χ0v) is 19.0. The van der Waals surface area contributed by atoms with Gasteiger partial charge in [0.25, 0.3) is 10.0 Å². The molecule has 9 heteroatoms. The van der Waals surface area contributed by atoms with Crippen LogP contribution in [0.15, 0.2) is 83.8 Å². The smallest absolute Gasteiger partial charge is 0.344 e. The van der Waals surface area contributed by atoms with E-state index in [1.807, 2.05) is 30.3 Å². The van der Waals surface area contributed by atoms with Crippen LogP contribution in [-0.2, 0) is 31.0 Å². The number of hydrogen-bond acceptors (Lipinski definition) is 6. The zero-order valence-electron chi connectivity index (χ0n) is 18.2. The Kier molecular flexibility index (Phi) is 7.68. The molecule has 8 nitrogen and oxygen atoms in total. The minimum absolute atomic E-state index is 0.0839. The third-order valence-corrected chi connectivity index (χ3v) is 6.43. The van der Waals surface area contributed by atoms with Crippen molar-refractivity contribution in [3.05, 3.63) is 84.4 Å². The van der Waals surface area contributed by atoms with Crippen LogP contribution in [0.5, 0.6) is 5.75 Å². The molecule has 3 rings (SSSR count). The molecule has 0 unspecified atom stereocenters. The molecule has 0 aliphatic rings. The van der Waals surface area contributed by atoms with Gasteiger partial charge in [-0.05, 0) is 54.1 Å². The normalized spacial score (nSPS) is 10.8. The highest BCUT2D eigenvalue weighted by Gasteiger charge is 2.21. The van der Waals surface area contributed by atoms with Gasteiger partial charge in [-0.25, -0.2) is 13.2 Å². The lowest BCUT2D eigenvalue weighted by molar-refractivity contribution is -0.147. The lowest BCUT2D eigenvalue weighted by Crippen LogP contribution is -2.26. The van der Waals surface area contributed by atoms with Crippen molar-refractivity contribution in [1.82, 2.24) is 0 Å². The van der Waals surface area contributed by atoms with Gasteiger partial charge < -0.3 is 14.8 Å². The maximum absolute atomic E-state index is 12.9. The first-order valence-corrected chi connectivity index (χ1v) is 11.5. The van der Waals surface area contributed by atoms with Crippen LogP contribution in [0.4, 0.5) is 11.4 Å². The fourth-order valence-electron chi connectivity index (χ4n) is 2.88. The molecule has 0 saturated carbocycles. The van der Waals surface area contributed by atoms with E-state index in [4.69, 9.17) is 9.47 Å². The molecule has 0 atom stereocenters. The van der Waals surface area contributed by atoms with Crippen LogP contribution in [-0.4, -0.2) is 33.9 Å². The molecule has 3 aromatic carbocycles. The zero-order chi connectivity index (χ0) is 23.8. The lowest BCUT2D eigenvalue weighted by Gasteiger charge is -2.20. The number of carbonyl (C=O) groups excluding carboxylic acids is 2. The Morgan fingerprint density at radius 1 is 0.909 bits per heavy atom. The summed E-state index contributed by atoms with van der Waals surface area (Å²) in [6.07, 6.45) is 0. The Morgan fingerprint density at radius 2 is 1.55 bits per heavy atom. The maximum atomic E-state index is 12.9. The summed E-state index contributed by atoms with van der Waals surface area (Å²) >= 11 is 0. The largest absolute Gasteiger partial charge is 0.482 e. The van der Waals surface area contributed by atoms with Crippen LogP contribution >= 0.6 is 0 Å². The molecule has 3 aromatic rings. The first-order chi connectivity index (χ1) is 15.8. The highest BCUT2D eigenvalue weighted by molar-refractivity contribution is 7.92. The summed E-state index contributed by atoms with van der Waals surface area (Å²) in [6.45, 7) is 1.27. The van der Waals surface area contributed by atoms with E-state index in [0.717, 1.165) is 9.87 Å². The second kappa shape index (κ2) is 10.6. The SMILES string of the molecule is CC(=O)Nc1ccc(S(=O)(=O)N(C)c2ccc(OCC(=O)OCc3ccccc3)cc2)cc1. The monoisotopic (exact) mass is 468 g/mol. The number of hydrogen-bond donors (Lipinski definition) is 1. The van der Waals surface area contributed by atoms with Gasteiger partial charge in [-0.1, -0.05) is 30.3 Å². The molecule has 0 saturated heterocycles. The van der Waals surface area contributed by atoms with Gasteiger partial charge in [0.2, 0.25) is 5.91 Å². The average Bonchev–Trinajstić information content (AvgIpc) is 2.82. The molecule has 0 fully saturated rings. The average molecular weight is 469 g/mol. The molecule has 0 aliphatic heterocycles. The molecule has 1 amide bonds. The molecule has 0 aliphatic carbocycles. The summed E-state index contributed by atoms with van der Waals surface area (Å²) in [5, 5.41) is 2.59. The topological polar surface area (TPSA) is 102 Å². The molecule has 172 valence electrons. The van der Waals surface area contributed by atoms with Crippen molar-refractivity contribution in [2.45, 2.75) is 18.4 Å². The molecular weight excluding hydrogens is 444 g/mol. The van der Waals surface area contributed by atoms with E-state index in [9.17, 15) is 18.0 Å². The number of nitrogens with zero attached hydrogens (tertiary/aromatic N) is 1. The van der Waals surface area contributed by atoms with Gasteiger partial charge in [-0.3, -0.25) is 9.10 Å². The van der Waals surface area contributed by atoms with Crippen LogP contribution in [0, 0.1) is 0 Å². The molecule has 33 heavy (non-hydrogen) atoms. The summed E-state index contributed by atoms with van der Waals surface area (Å²) in [5.74, 6) is -0.347. The summed E-state index contributed by atoms with van der Waals surface area (Å²) < 4.78 is 37.5. The fraction of sp³-hybridized carbons (Fsp3) is 0.167. The maximum Gasteiger partial charge on any atom is 0.344 e. The molecule has 0 bridgehead atoms. The van der Waals surface area contributed by atoms with Crippen molar-refractivity contribution in [1.29, 1.82) is 0 Å². The number of sulfonamides is 1. The third kappa shape index (κ3) is 6.56. The Hall–Kier alpha value is -3.85. The van der Waals surface area contributed by atoms with Crippen LogP contribution in [0.1, 0.15) is 12.5 Å². The van der Waals surface area contributed by atoms with Crippen LogP contribution in [0.25, 0.3) is 0 Å². The number of esters is 1. The number of nitrogens with one attached hydrogen (secondary N) is 1. The van der Waals surface area contributed by atoms with E-state index < -0.39 is 16.0 Å². The highest BCUT2D eigenvalue weighted by Crippen LogP contribution is 2.25. The Balaban J connectivity index is 1.57. The summed E-state index contributed by atoms with van der Waals surface area (Å²) in [4.78, 5) is 23.1. The minimum Gasteiger partial charge on any atom is -0.482 e. The minimum atomic E-state index is -3.80. The second-order valence-corrected chi connectivity index (χ2v) is 9.08. The summed E-state index contributed by atoms with van der Waals surface area (Å²) in [6, 6.07) is 21.5. The number of benzene rings is 3. The Morgan fingerprint density at radius 3 is 2.15 bits per heavy atom. The van der Waals surface area contributed by atoms with Gasteiger partial charge in [0.15, 0.2) is 6.61 Å². The van der Waals surface area contributed by atoms with Crippen molar-refractivity contribution in [2.24, 2.45) is 0 Å². The van der Waals surface area contributed by atoms with Crippen molar-refractivity contribution < 1.29 is 27.5 Å². The standard InChI is InChI=1S/C24H24N2O6S/c1-18(27)25-20-8-14-23(15-9-20)33(29,30)26(2)21-10-12-22(13-11-21)31-17-24(28)32-16-19-6-4-3-5-7-19/h3-15H,16-17H2,1-2H3,(H,25,27). The quantitative estimate of drug-likeness (QED) is 0.482. The van der Waals surface area contributed by atoms with Gasteiger partial charge in [-0.2, -0.15) is 0 Å². The van der Waals surface area contributed by atoms with Crippen LogP contribution < -0.4 is 14.4 Å². The number of carbonyl (C=O) groups is 2. The van der Waals surface area contributed by atoms with E-state index in [1.54, 1.807) is 24.3 Å². The Bertz CT molecular complexity index is 1190. The number of rotatable bonds is 9. The first-order valence-electron chi connectivity index (χ1n) is 10.0. The lowest BCUT2D eigenvalue weighted by atomic mass is 10.2. The summed E-state index contributed by atoms with van der Waals surface area (Å²) in [5.41, 5.74) is 1.80. The van der Waals surface area contributed by atoms with Gasteiger partial charge >= 0.3 is 5.97 Å². The van der Waals surface area contributed by atoms with Gasteiger partial charge in [0.05, 0.1) is 10.6 Å². The van der Waals surface area contributed by atoms with E-state index in [1.165, 1.54) is 38.2 Å². The second-order valence-electron chi connectivity index (χ2n) is 7.11. The van der Waals surface area contributed by atoms with Crippen molar-refractivity contribution >= 4 is 33.3 Å².